The molecular weight excluding hydrogens is 1000 g/mol. The molecule has 13 nitrogen and oxygen atoms in total. The molecule has 3 aromatic heterocycles. The van der Waals surface area contributed by atoms with Crippen LogP contribution in [0.15, 0.2) is 86.2 Å². The van der Waals surface area contributed by atoms with E-state index in [1.807, 2.05) is 37.6 Å². The highest BCUT2D eigenvalue weighted by atomic mass is 19.4. The number of allylic oxidation sites excluding steroid dienone is 2. The van der Waals surface area contributed by atoms with Gasteiger partial charge in [0.25, 0.3) is 5.91 Å². The van der Waals surface area contributed by atoms with Crippen molar-refractivity contribution in [2.75, 3.05) is 56.9 Å². The SMILES string of the molecule is C=C(c1nc(/C=C/CNC(=O)c2cnn(CC(C)(C)OC(C)N3CC[C@@H](Nc4cccc5c(C(=C)C(F)(F)F)nc(/C=C/CNC(=O)C6CC6)cc45)[C@@H](F)C3)c2)cc2c(N[C@@H]3CCN(C)C[C@@H]3F)cccc12)C(F)(F)F. The fourth-order valence-electron chi connectivity index (χ4n) is 9.58. The van der Waals surface area contributed by atoms with Crippen molar-refractivity contribution in [1.29, 1.82) is 0 Å². The summed E-state index contributed by atoms with van der Waals surface area (Å²) in [7, 11) is 1.83. The molecule has 2 saturated heterocycles. The van der Waals surface area contributed by atoms with Gasteiger partial charge in [-0.25, -0.2) is 18.7 Å². The molecule has 406 valence electrons. The molecule has 3 fully saturated rings. The second-order valence-corrected chi connectivity index (χ2v) is 20.4. The molecule has 0 spiro atoms. The molecule has 21 heteroatoms. The molecule has 2 aliphatic heterocycles. The first-order valence-corrected chi connectivity index (χ1v) is 25.2. The van der Waals surface area contributed by atoms with E-state index in [2.05, 4.69) is 49.5 Å². The van der Waals surface area contributed by atoms with E-state index in [0.29, 0.717) is 48.1 Å². The van der Waals surface area contributed by atoms with E-state index in [1.54, 1.807) is 59.4 Å². The van der Waals surface area contributed by atoms with Crippen LogP contribution in [0.3, 0.4) is 0 Å². The van der Waals surface area contributed by atoms with Crippen LogP contribution in [0.2, 0.25) is 0 Å². The second kappa shape index (κ2) is 22.9. The second-order valence-electron chi connectivity index (χ2n) is 20.4. The van der Waals surface area contributed by atoms with E-state index in [4.69, 9.17) is 4.74 Å². The summed E-state index contributed by atoms with van der Waals surface area (Å²) in [6, 6.07) is 11.6. The van der Waals surface area contributed by atoms with E-state index in [1.165, 1.54) is 30.5 Å². The van der Waals surface area contributed by atoms with Crippen molar-refractivity contribution < 1.29 is 49.4 Å². The van der Waals surface area contributed by atoms with Gasteiger partial charge < -0.3 is 30.9 Å². The summed E-state index contributed by atoms with van der Waals surface area (Å²) in [4.78, 5) is 37.6. The van der Waals surface area contributed by atoms with Gasteiger partial charge in [0.05, 0.1) is 69.9 Å². The highest BCUT2D eigenvalue weighted by molar-refractivity contribution is 6.02. The summed E-state index contributed by atoms with van der Waals surface area (Å²) in [5.74, 6) is -0.538. The van der Waals surface area contributed by atoms with Crippen LogP contribution in [-0.2, 0) is 16.1 Å². The summed E-state index contributed by atoms with van der Waals surface area (Å²) in [6.45, 7) is 13.8. The van der Waals surface area contributed by atoms with Crippen LogP contribution in [0, 0.1) is 5.92 Å². The number of benzene rings is 2. The van der Waals surface area contributed by atoms with Crippen molar-refractivity contribution in [1.82, 2.24) is 40.2 Å². The third-order valence-electron chi connectivity index (χ3n) is 13.8. The summed E-state index contributed by atoms with van der Waals surface area (Å²) >= 11 is 0. The number of rotatable bonds is 19. The lowest BCUT2D eigenvalue weighted by molar-refractivity contribution is -0.148. The molecule has 2 amide bonds. The predicted molar refractivity (Wildman–Crippen MR) is 280 cm³/mol. The molecule has 5 aromatic rings. The Morgan fingerprint density at radius 2 is 1.29 bits per heavy atom. The molecule has 2 aromatic carbocycles. The van der Waals surface area contributed by atoms with Crippen LogP contribution in [0.25, 0.3) is 44.8 Å². The number of anilines is 2. The van der Waals surface area contributed by atoms with Crippen molar-refractivity contribution in [2.24, 2.45) is 5.92 Å². The quantitative estimate of drug-likeness (QED) is 0.0591. The molecule has 5 atom stereocenters. The summed E-state index contributed by atoms with van der Waals surface area (Å²) in [5.41, 5.74) is -2.30. The summed E-state index contributed by atoms with van der Waals surface area (Å²) < 4.78 is 123. The number of amides is 2. The maximum Gasteiger partial charge on any atom is 0.417 e. The monoisotopic (exact) mass is 1060 g/mol. The maximum atomic E-state index is 16.1. The number of carbonyl (C=O) groups is 2. The molecule has 1 aliphatic carbocycles. The number of hydrogen-bond acceptors (Lipinski definition) is 10. The fraction of sp³-hybridized carbons (Fsp3) is 0.436. The Bertz CT molecular complexity index is 3020. The molecule has 76 heavy (non-hydrogen) atoms. The summed E-state index contributed by atoms with van der Waals surface area (Å²) in [6.07, 6.45) is -1.03. The number of fused-ring (bicyclic) bond motifs is 2. The van der Waals surface area contributed by atoms with Crippen LogP contribution >= 0.6 is 0 Å². The van der Waals surface area contributed by atoms with Gasteiger partial charge in [-0.15, -0.1) is 0 Å². The lowest BCUT2D eigenvalue weighted by Gasteiger charge is -2.41. The minimum atomic E-state index is -4.76. The molecule has 0 bridgehead atoms. The molecule has 1 saturated carbocycles. The number of aromatic nitrogens is 4. The molecule has 3 aliphatic rings. The molecule has 0 radical (unpaired) electrons. The molecule has 4 N–H and O–H groups in total. The van der Waals surface area contributed by atoms with Crippen LogP contribution < -0.4 is 21.3 Å². The van der Waals surface area contributed by atoms with Gasteiger partial charge >= 0.3 is 12.4 Å². The summed E-state index contributed by atoms with van der Waals surface area (Å²) in [5, 5.41) is 17.6. The van der Waals surface area contributed by atoms with Gasteiger partial charge in [-0.1, -0.05) is 49.6 Å². The maximum absolute atomic E-state index is 16.1. The van der Waals surface area contributed by atoms with Gasteiger partial charge in [-0.3, -0.25) is 19.2 Å². The highest BCUT2D eigenvalue weighted by Gasteiger charge is 2.38. The number of carbonyl (C=O) groups excluding carboxylic acids is 2. The third kappa shape index (κ3) is 13.6. The largest absolute Gasteiger partial charge is 0.417 e. The molecular formula is C55H62F8N10O3. The fourth-order valence-corrected chi connectivity index (χ4v) is 9.58. The third-order valence-corrected chi connectivity index (χ3v) is 13.8. The Morgan fingerprint density at radius 1 is 0.763 bits per heavy atom. The van der Waals surface area contributed by atoms with E-state index in [-0.39, 0.29) is 83.7 Å². The first-order chi connectivity index (χ1) is 35.9. The Labute approximate surface area is 435 Å². The zero-order valence-corrected chi connectivity index (χ0v) is 42.7. The predicted octanol–water partition coefficient (Wildman–Crippen LogP) is 10.2. The Hall–Kier alpha value is -6.71. The zero-order chi connectivity index (χ0) is 54.7. The number of halogens is 8. The number of hydrogen-bond donors (Lipinski definition) is 4. The van der Waals surface area contributed by atoms with Crippen molar-refractivity contribution in [2.45, 2.75) is 102 Å². The van der Waals surface area contributed by atoms with Gasteiger partial charge in [0.2, 0.25) is 5.91 Å². The number of piperidine rings is 2. The topological polar surface area (TPSA) is 142 Å². The first kappa shape index (κ1) is 55.5. The average Bonchev–Trinajstić information content (AvgIpc) is 4.13. The van der Waals surface area contributed by atoms with E-state index in [9.17, 15) is 35.9 Å². The van der Waals surface area contributed by atoms with Gasteiger partial charge in [0, 0.05) is 84.3 Å². The number of likely N-dealkylation sites (tertiary alicyclic amines) is 2. The average molecular weight is 1060 g/mol. The lowest BCUT2D eigenvalue weighted by Crippen LogP contribution is -2.53. The lowest BCUT2D eigenvalue weighted by atomic mass is 9.99. The van der Waals surface area contributed by atoms with Gasteiger partial charge in [0.15, 0.2) is 0 Å². The Kier molecular flexibility index (Phi) is 16.7. The number of pyridine rings is 2. The normalized spacial score (nSPS) is 20.6. The molecule has 8 rings (SSSR count). The van der Waals surface area contributed by atoms with Crippen LogP contribution in [0.5, 0.6) is 0 Å². The standard InChI is InChI=1S/C55H62F8N10O3/c1-32(54(58,59)60)49-39-13-7-15-45(69-47-19-23-71(6)29-43(47)56)41(39)25-38(68-49)12-10-22-65-52(75)36-27-66-73(28-36)31-53(4,5)76-34(3)72-24-20-48(44(57)30-72)70-46-16-8-14-40-42(46)26-37(67-50(40)33(2)55(61,62)63)11-9-21-64-51(74)35-17-18-35/h7-16,25-28,34-35,43-44,47-48,69-70H,1-2,17-24,29-31H2,3-6H3,(H,64,74)(H,65,75)/b11-9+,12-10+/t34?,43-,44-,47+,48+/m0/s1. The molecule has 1 unspecified atom stereocenters. The van der Waals surface area contributed by atoms with E-state index >= 15 is 8.78 Å². The van der Waals surface area contributed by atoms with Crippen LogP contribution in [-0.4, -0.2) is 136 Å². The van der Waals surface area contributed by atoms with Crippen LogP contribution in [0.4, 0.5) is 46.5 Å². The van der Waals surface area contributed by atoms with Gasteiger partial charge in [-0.2, -0.15) is 31.4 Å². The van der Waals surface area contributed by atoms with Crippen molar-refractivity contribution in [3.05, 3.63) is 115 Å². The Balaban J connectivity index is 0.859. The van der Waals surface area contributed by atoms with E-state index in [0.717, 1.165) is 12.8 Å². The zero-order valence-electron chi connectivity index (χ0n) is 42.7. The minimum Gasteiger partial charge on any atom is -0.379 e. The van der Waals surface area contributed by atoms with Gasteiger partial charge in [0.1, 0.15) is 18.6 Å². The van der Waals surface area contributed by atoms with E-state index < -0.39 is 65.7 Å². The number of alkyl halides is 8. The van der Waals surface area contributed by atoms with Crippen molar-refractivity contribution >= 4 is 68.0 Å². The smallest absolute Gasteiger partial charge is 0.379 e. The molecule has 5 heterocycles. The number of nitrogens with one attached hydrogen (secondary N) is 4. The Morgan fingerprint density at radius 3 is 1.80 bits per heavy atom. The van der Waals surface area contributed by atoms with Gasteiger partial charge in [-0.05, 0) is 89.9 Å². The minimum absolute atomic E-state index is 0.00119. The van der Waals surface area contributed by atoms with Crippen molar-refractivity contribution in [3.63, 3.8) is 0 Å². The number of nitrogens with zero attached hydrogens (tertiary/aromatic N) is 6. The van der Waals surface area contributed by atoms with Crippen molar-refractivity contribution in [3.8, 4) is 0 Å². The van der Waals surface area contributed by atoms with Crippen LogP contribution in [0.1, 0.15) is 79.6 Å². The first-order valence-electron chi connectivity index (χ1n) is 25.2. The number of ether oxygens (including phenoxy) is 1. The highest BCUT2D eigenvalue weighted by Crippen LogP contribution is 2.40.